The summed E-state index contributed by atoms with van der Waals surface area (Å²) < 4.78 is 15.4. The molecule has 27 heavy (non-hydrogen) atoms. The van der Waals surface area contributed by atoms with Crippen LogP contribution in [-0.4, -0.2) is 29.9 Å². The van der Waals surface area contributed by atoms with Crippen molar-refractivity contribution >= 4 is 21.7 Å². The molecule has 7 heteroatoms. The van der Waals surface area contributed by atoms with Gasteiger partial charge in [-0.05, 0) is 30.0 Å². The fourth-order valence-corrected chi connectivity index (χ4v) is 4.37. The van der Waals surface area contributed by atoms with Gasteiger partial charge in [-0.3, -0.25) is 9.80 Å². The largest absolute Gasteiger partial charge is 0.383 e. The van der Waals surface area contributed by atoms with E-state index in [1.54, 1.807) is 36.2 Å². The number of nitrogens with two attached hydrogens (primary N) is 1. The molecule has 2 aliphatic rings. The molecule has 0 spiro atoms. The third kappa shape index (κ3) is 3.28. The lowest BCUT2D eigenvalue weighted by molar-refractivity contribution is -0.119. The molecule has 1 aromatic carbocycles. The maximum absolute atomic E-state index is 14.7. The van der Waals surface area contributed by atoms with Gasteiger partial charge < -0.3 is 5.73 Å². The maximum atomic E-state index is 14.7. The van der Waals surface area contributed by atoms with E-state index in [9.17, 15) is 14.4 Å². The normalized spacial score (nSPS) is 22.2. The molecule has 0 aromatic heterocycles. The smallest absolute Gasteiger partial charge is 0.162 e. The van der Waals surface area contributed by atoms with Gasteiger partial charge in [0.15, 0.2) is 5.78 Å². The molecule has 1 aliphatic carbocycles. The predicted molar refractivity (Wildman–Crippen MR) is 104 cm³/mol. The van der Waals surface area contributed by atoms with E-state index in [4.69, 9.17) is 5.73 Å². The van der Waals surface area contributed by atoms with Crippen molar-refractivity contribution < 1.29 is 9.18 Å². The Morgan fingerprint density at radius 1 is 1.37 bits per heavy atom. The van der Waals surface area contributed by atoms with Gasteiger partial charge in [0.2, 0.25) is 0 Å². The Labute approximate surface area is 167 Å². The van der Waals surface area contributed by atoms with Crippen LogP contribution >= 0.6 is 15.9 Å². The van der Waals surface area contributed by atoms with Crippen molar-refractivity contribution in [3.8, 4) is 6.07 Å². The molecule has 1 unspecified atom stereocenters. The fraction of sp³-hybridized carbons (Fsp3) is 0.400. The van der Waals surface area contributed by atoms with E-state index >= 15 is 0 Å². The van der Waals surface area contributed by atoms with E-state index in [1.807, 2.05) is 13.8 Å². The highest BCUT2D eigenvalue weighted by Crippen LogP contribution is 2.49. The van der Waals surface area contributed by atoms with Crippen LogP contribution in [0.4, 0.5) is 4.39 Å². The number of hydrazine groups is 1. The molecule has 1 aromatic rings. The molecular formula is C20H22BrFN4O. The maximum Gasteiger partial charge on any atom is 0.162 e. The molecule has 1 aliphatic heterocycles. The first-order chi connectivity index (χ1) is 12.6. The quantitative estimate of drug-likeness (QED) is 0.768. The third-order valence-electron chi connectivity index (χ3n) is 5.02. The van der Waals surface area contributed by atoms with Crippen molar-refractivity contribution in [1.29, 1.82) is 5.26 Å². The van der Waals surface area contributed by atoms with Gasteiger partial charge >= 0.3 is 0 Å². The van der Waals surface area contributed by atoms with Gasteiger partial charge in [-0.25, -0.2) is 9.40 Å². The molecule has 0 saturated carbocycles. The summed E-state index contributed by atoms with van der Waals surface area (Å²) in [5.74, 6) is -1.11. The van der Waals surface area contributed by atoms with Gasteiger partial charge in [0, 0.05) is 41.8 Å². The number of halogens is 2. The van der Waals surface area contributed by atoms with Crippen molar-refractivity contribution in [2.75, 3.05) is 14.1 Å². The van der Waals surface area contributed by atoms with Crippen LogP contribution in [0, 0.1) is 22.6 Å². The van der Waals surface area contributed by atoms with Crippen molar-refractivity contribution in [1.82, 2.24) is 10.0 Å². The van der Waals surface area contributed by atoms with Crippen LogP contribution in [0.2, 0.25) is 0 Å². The second-order valence-corrected chi connectivity index (χ2v) is 8.89. The van der Waals surface area contributed by atoms with Crippen LogP contribution in [-0.2, 0) is 4.79 Å². The van der Waals surface area contributed by atoms with E-state index in [0.717, 1.165) is 5.70 Å². The third-order valence-corrected chi connectivity index (χ3v) is 5.52. The average molecular weight is 433 g/mol. The number of Topliss-reactive ketones (excluding diaryl/α,β-unsaturated/α-hetero) is 1. The van der Waals surface area contributed by atoms with Gasteiger partial charge in [-0.15, -0.1) is 0 Å². The van der Waals surface area contributed by atoms with Crippen molar-refractivity contribution in [3.63, 3.8) is 0 Å². The molecule has 0 fully saturated rings. The lowest BCUT2D eigenvalue weighted by atomic mass is 9.69. The zero-order valence-electron chi connectivity index (χ0n) is 15.8. The van der Waals surface area contributed by atoms with E-state index < -0.39 is 11.7 Å². The topological polar surface area (TPSA) is 73.4 Å². The molecule has 2 N–H and O–H groups in total. The number of hydrogen-bond donors (Lipinski definition) is 1. The molecule has 0 bridgehead atoms. The number of carbonyl (C=O) groups is 1. The molecule has 1 heterocycles. The first-order valence-corrected chi connectivity index (χ1v) is 9.45. The minimum Gasteiger partial charge on any atom is -0.383 e. The van der Waals surface area contributed by atoms with Gasteiger partial charge in [-0.1, -0.05) is 29.8 Å². The number of carbonyl (C=O) groups excluding carboxylic acids is 1. The van der Waals surface area contributed by atoms with Gasteiger partial charge in [0.1, 0.15) is 11.6 Å². The lowest BCUT2D eigenvalue weighted by Crippen LogP contribution is -2.47. The Balaban J connectivity index is 2.34. The Kier molecular flexibility index (Phi) is 4.91. The highest BCUT2D eigenvalue weighted by atomic mass is 79.9. The summed E-state index contributed by atoms with van der Waals surface area (Å²) in [6, 6.07) is 6.67. The Bertz CT molecular complexity index is 926. The summed E-state index contributed by atoms with van der Waals surface area (Å²) in [5.41, 5.74) is 7.78. The first-order valence-electron chi connectivity index (χ1n) is 8.65. The van der Waals surface area contributed by atoms with Crippen LogP contribution in [0.3, 0.4) is 0 Å². The second-order valence-electron chi connectivity index (χ2n) is 7.97. The summed E-state index contributed by atoms with van der Waals surface area (Å²) in [6.07, 6.45) is 0.954. The number of allylic oxidation sites excluding steroid dienone is 3. The number of benzene rings is 1. The molecule has 3 rings (SSSR count). The zero-order chi connectivity index (χ0) is 20.1. The molecule has 0 radical (unpaired) electrons. The summed E-state index contributed by atoms with van der Waals surface area (Å²) in [5, 5.41) is 13.3. The molecule has 142 valence electrons. The second kappa shape index (κ2) is 6.77. The minimum absolute atomic E-state index is 0.0716. The molecular weight excluding hydrogens is 411 g/mol. The number of nitriles is 1. The highest BCUT2D eigenvalue weighted by molar-refractivity contribution is 9.10. The van der Waals surface area contributed by atoms with Crippen molar-refractivity contribution in [2.45, 2.75) is 32.6 Å². The molecule has 1 atom stereocenters. The van der Waals surface area contributed by atoms with Crippen molar-refractivity contribution in [3.05, 3.63) is 56.7 Å². The van der Waals surface area contributed by atoms with Crippen LogP contribution in [0.25, 0.3) is 0 Å². The van der Waals surface area contributed by atoms with Crippen LogP contribution in [0.5, 0.6) is 0 Å². The standard InChI is InChI=1S/C20H22BrFN4O/c1-20(2)8-15-18(16(27)9-20)17(12-7-11(21)5-6-14(12)22)13(10-23)19(24)26(15)25(3)4/h5-7,17H,8-9,24H2,1-4H3. The minimum atomic E-state index is -0.803. The first kappa shape index (κ1) is 19.6. The van der Waals surface area contributed by atoms with Crippen LogP contribution in [0.1, 0.15) is 38.2 Å². The fourth-order valence-electron chi connectivity index (χ4n) is 4.00. The van der Waals surface area contributed by atoms with Gasteiger partial charge in [-0.2, -0.15) is 5.26 Å². The van der Waals surface area contributed by atoms with E-state index in [2.05, 4.69) is 22.0 Å². The van der Waals surface area contributed by atoms with Gasteiger partial charge in [0.25, 0.3) is 0 Å². The van der Waals surface area contributed by atoms with E-state index in [0.29, 0.717) is 22.9 Å². The molecule has 0 amide bonds. The highest BCUT2D eigenvalue weighted by Gasteiger charge is 2.45. The van der Waals surface area contributed by atoms with Crippen molar-refractivity contribution in [2.24, 2.45) is 11.1 Å². The monoisotopic (exact) mass is 432 g/mol. The Morgan fingerprint density at radius 2 is 2.04 bits per heavy atom. The molecule has 0 saturated heterocycles. The number of ketones is 1. The summed E-state index contributed by atoms with van der Waals surface area (Å²) in [6.45, 7) is 4.05. The molecule has 5 nitrogen and oxygen atoms in total. The number of nitrogens with zero attached hydrogens (tertiary/aromatic N) is 3. The predicted octanol–water partition coefficient (Wildman–Crippen LogP) is 3.80. The van der Waals surface area contributed by atoms with Gasteiger partial charge in [0.05, 0.1) is 17.6 Å². The number of hydrogen-bond acceptors (Lipinski definition) is 5. The Morgan fingerprint density at radius 3 is 2.63 bits per heavy atom. The van der Waals surface area contributed by atoms with Crippen LogP contribution < -0.4 is 5.73 Å². The summed E-state index contributed by atoms with van der Waals surface area (Å²) in [4.78, 5) is 13.2. The Hall–Kier alpha value is -2.17. The average Bonchev–Trinajstić information content (AvgIpc) is 2.54. The zero-order valence-corrected chi connectivity index (χ0v) is 17.4. The summed E-state index contributed by atoms with van der Waals surface area (Å²) in [7, 11) is 3.61. The van der Waals surface area contributed by atoms with Crippen LogP contribution in [0.15, 0.2) is 45.3 Å². The SMILES string of the molecule is CN(C)N1C(N)=C(C#N)C(c2cc(Br)ccc2F)C2=C1CC(C)(C)CC2=O. The summed E-state index contributed by atoms with van der Waals surface area (Å²) >= 11 is 3.36. The number of rotatable bonds is 2. The lowest BCUT2D eigenvalue weighted by Gasteiger charge is -2.45. The van der Waals surface area contributed by atoms with E-state index in [1.165, 1.54) is 6.07 Å². The van der Waals surface area contributed by atoms with E-state index in [-0.39, 0.29) is 28.2 Å².